The Morgan fingerprint density at radius 1 is 1.11 bits per heavy atom. The Labute approximate surface area is 171 Å². The van der Waals surface area contributed by atoms with Gasteiger partial charge in [-0.3, -0.25) is 4.57 Å². The van der Waals surface area contributed by atoms with E-state index in [1.54, 1.807) is 18.0 Å². The molecule has 8 heteroatoms. The maximum Gasteiger partial charge on any atom is 0.200 e. The smallest absolute Gasteiger partial charge is 0.200 e. The predicted octanol–water partition coefficient (Wildman–Crippen LogP) is 5.64. The highest BCUT2D eigenvalue weighted by atomic mass is 35.5. The lowest BCUT2D eigenvalue weighted by Gasteiger charge is -2.25. The van der Waals surface area contributed by atoms with Crippen LogP contribution in [0.4, 0.5) is 0 Å². The predicted molar refractivity (Wildman–Crippen MR) is 110 cm³/mol. The number of nitrogens with zero attached hydrogens (tertiary/aromatic N) is 5. The molecule has 144 valence electrons. The minimum absolute atomic E-state index is 0.422. The Kier molecular flexibility index (Phi) is 4.86. The molecule has 4 aromatic rings. The van der Waals surface area contributed by atoms with Gasteiger partial charge in [-0.2, -0.15) is 0 Å². The van der Waals surface area contributed by atoms with Gasteiger partial charge >= 0.3 is 0 Å². The molecule has 1 aliphatic carbocycles. The zero-order chi connectivity index (χ0) is 18.9. The van der Waals surface area contributed by atoms with E-state index in [4.69, 9.17) is 16.0 Å². The van der Waals surface area contributed by atoms with E-state index in [2.05, 4.69) is 19.7 Å². The van der Waals surface area contributed by atoms with Crippen LogP contribution in [0.2, 0.25) is 5.02 Å². The van der Waals surface area contributed by atoms with Gasteiger partial charge in [0.05, 0.1) is 17.0 Å². The second kappa shape index (κ2) is 7.64. The van der Waals surface area contributed by atoms with Gasteiger partial charge < -0.3 is 8.82 Å². The quantitative estimate of drug-likeness (QED) is 0.396. The first-order chi connectivity index (χ1) is 13.8. The lowest BCUT2D eigenvalue weighted by atomic mass is 9.95. The minimum Gasteiger partial charge on any atom is -0.461 e. The third-order valence-electron chi connectivity index (χ3n) is 5.16. The van der Waals surface area contributed by atoms with Crippen molar-refractivity contribution in [2.75, 3.05) is 0 Å². The maximum absolute atomic E-state index is 6.07. The molecular formula is C20H20ClN5OS. The summed E-state index contributed by atoms with van der Waals surface area (Å²) in [7, 11) is 0. The molecule has 1 fully saturated rings. The maximum atomic E-state index is 6.07. The van der Waals surface area contributed by atoms with Gasteiger partial charge in [0, 0.05) is 24.2 Å². The summed E-state index contributed by atoms with van der Waals surface area (Å²) in [4.78, 5) is 4.68. The Morgan fingerprint density at radius 3 is 2.82 bits per heavy atom. The summed E-state index contributed by atoms with van der Waals surface area (Å²) in [5, 5.41) is 10.6. The average Bonchev–Trinajstić information content (AvgIpc) is 3.45. The van der Waals surface area contributed by atoms with E-state index in [1.807, 2.05) is 41.1 Å². The topological polar surface area (TPSA) is 61.2 Å². The van der Waals surface area contributed by atoms with Gasteiger partial charge in [-0.15, -0.1) is 10.2 Å². The van der Waals surface area contributed by atoms with Crippen LogP contribution in [0.25, 0.3) is 17.2 Å². The van der Waals surface area contributed by atoms with Gasteiger partial charge in [0.15, 0.2) is 10.9 Å². The molecule has 0 radical (unpaired) electrons. The van der Waals surface area contributed by atoms with Crippen molar-refractivity contribution in [1.82, 2.24) is 24.1 Å². The largest absolute Gasteiger partial charge is 0.461 e. The average molecular weight is 414 g/mol. The van der Waals surface area contributed by atoms with Crippen molar-refractivity contribution in [3.8, 4) is 11.6 Å². The summed E-state index contributed by atoms with van der Waals surface area (Å²) < 4.78 is 9.85. The van der Waals surface area contributed by atoms with Crippen LogP contribution in [0.15, 0.2) is 52.5 Å². The van der Waals surface area contributed by atoms with E-state index in [9.17, 15) is 0 Å². The zero-order valence-electron chi connectivity index (χ0n) is 15.3. The van der Waals surface area contributed by atoms with Gasteiger partial charge in [-0.05, 0) is 37.1 Å². The fourth-order valence-corrected chi connectivity index (χ4v) is 4.90. The number of hydrogen-bond acceptors (Lipinski definition) is 5. The van der Waals surface area contributed by atoms with Crippen molar-refractivity contribution < 1.29 is 4.42 Å². The highest BCUT2D eigenvalue weighted by Crippen LogP contribution is 2.36. The van der Waals surface area contributed by atoms with E-state index in [0.29, 0.717) is 11.1 Å². The van der Waals surface area contributed by atoms with E-state index in [-0.39, 0.29) is 0 Å². The Balaban J connectivity index is 1.43. The first-order valence-electron chi connectivity index (χ1n) is 9.52. The lowest BCUT2D eigenvalue weighted by molar-refractivity contribution is 0.337. The van der Waals surface area contributed by atoms with E-state index in [0.717, 1.165) is 46.7 Å². The first kappa shape index (κ1) is 17.8. The number of hydrogen-bond donors (Lipinski definition) is 0. The Hall–Kier alpha value is -2.25. The van der Waals surface area contributed by atoms with Crippen LogP contribution in [0.3, 0.4) is 0 Å². The molecule has 0 atom stereocenters. The minimum atomic E-state index is 0.422. The fourth-order valence-electron chi connectivity index (χ4n) is 3.84. The molecule has 1 saturated carbocycles. The van der Waals surface area contributed by atoms with Crippen molar-refractivity contribution in [2.45, 2.75) is 49.1 Å². The fraction of sp³-hybridized carbons (Fsp3) is 0.350. The number of halogens is 1. The normalized spacial score (nSPS) is 15.5. The summed E-state index contributed by atoms with van der Waals surface area (Å²) in [6, 6.07) is 8.05. The molecule has 0 N–H and O–H groups in total. The van der Waals surface area contributed by atoms with E-state index in [1.165, 1.54) is 19.3 Å². The molecule has 0 aliphatic heterocycles. The molecule has 0 amide bonds. The molecule has 0 spiro atoms. The summed E-state index contributed by atoms with van der Waals surface area (Å²) in [6.45, 7) is 0. The molecule has 0 saturated heterocycles. The van der Waals surface area contributed by atoms with Crippen LogP contribution in [0.5, 0.6) is 0 Å². The molecule has 1 aliphatic rings. The van der Waals surface area contributed by atoms with Gasteiger partial charge in [0.1, 0.15) is 5.65 Å². The van der Waals surface area contributed by atoms with Crippen LogP contribution >= 0.6 is 23.4 Å². The molecule has 0 unspecified atom stereocenters. The van der Waals surface area contributed by atoms with Crippen LogP contribution in [-0.4, -0.2) is 24.1 Å². The molecule has 0 bridgehead atoms. The van der Waals surface area contributed by atoms with Crippen molar-refractivity contribution in [3.05, 3.63) is 53.6 Å². The van der Waals surface area contributed by atoms with Gasteiger partial charge in [0.2, 0.25) is 5.82 Å². The highest BCUT2D eigenvalue weighted by Gasteiger charge is 2.25. The van der Waals surface area contributed by atoms with Crippen LogP contribution in [0.1, 0.15) is 43.8 Å². The summed E-state index contributed by atoms with van der Waals surface area (Å²) in [5.74, 6) is 2.32. The van der Waals surface area contributed by atoms with Gasteiger partial charge in [0.25, 0.3) is 0 Å². The van der Waals surface area contributed by atoms with E-state index < -0.39 is 0 Å². The molecule has 4 aromatic heterocycles. The number of furan rings is 1. The van der Waals surface area contributed by atoms with Crippen molar-refractivity contribution in [3.63, 3.8) is 0 Å². The third kappa shape index (κ3) is 3.44. The van der Waals surface area contributed by atoms with Crippen molar-refractivity contribution in [2.24, 2.45) is 0 Å². The zero-order valence-corrected chi connectivity index (χ0v) is 16.9. The number of imidazole rings is 1. The first-order valence-corrected chi connectivity index (χ1v) is 10.9. The molecule has 28 heavy (non-hydrogen) atoms. The SMILES string of the molecule is Clc1ccc2nc(CSc3nnc(-c4ccco4)n3C3CCCCC3)cn2c1. The molecule has 5 rings (SSSR count). The second-order valence-electron chi connectivity index (χ2n) is 7.08. The lowest BCUT2D eigenvalue weighted by Crippen LogP contribution is -2.15. The molecular weight excluding hydrogens is 394 g/mol. The van der Waals surface area contributed by atoms with Gasteiger partial charge in [-0.1, -0.05) is 42.6 Å². The molecule has 6 nitrogen and oxygen atoms in total. The second-order valence-corrected chi connectivity index (χ2v) is 8.46. The number of fused-ring (bicyclic) bond motifs is 1. The number of thioether (sulfide) groups is 1. The van der Waals surface area contributed by atoms with Gasteiger partial charge in [-0.25, -0.2) is 4.98 Å². The van der Waals surface area contributed by atoms with E-state index >= 15 is 0 Å². The Bertz CT molecular complexity index is 1080. The summed E-state index contributed by atoms with van der Waals surface area (Å²) in [6.07, 6.45) is 11.7. The summed E-state index contributed by atoms with van der Waals surface area (Å²) >= 11 is 7.75. The van der Waals surface area contributed by atoms with Crippen LogP contribution < -0.4 is 0 Å². The monoisotopic (exact) mass is 413 g/mol. The third-order valence-corrected chi connectivity index (χ3v) is 6.36. The standard InChI is InChI=1S/C20H20ClN5OS/c21-14-8-9-18-22-15(12-25(18)11-14)13-28-20-24-23-19(17-7-4-10-27-17)26(20)16-5-2-1-3-6-16/h4,7-12,16H,1-3,5-6,13H2. The summed E-state index contributed by atoms with van der Waals surface area (Å²) in [5.41, 5.74) is 1.88. The van der Waals surface area contributed by atoms with Crippen molar-refractivity contribution in [1.29, 1.82) is 0 Å². The number of pyridine rings is 1. The Morgan fingerprint density at radius 2 is 2.00 bits per heavy atom. The highest BCUT2D eigenvalue weighted by molar-refractivity contribution is 7.98. The molecule has 0 aromatic carbocycles. The van der Waals surface area contributed by atoms with Crippen LogP contribution in [0, 0.1) is 0 Å². The van der Waals surface area contributed by atoms with Crippen molar-refractivity contribution >= 4 is 29.0 Å². The number of rotatable bonds is 5. The van der Waals surface area contributed by atoms with Crippen LogP contribution in [-0.2, 0) is 5.75 Å². The molecule has 4 heterocycles. The number of aromatic nitrogens is 5.